The molecular weight excluding hydrogens is 330 g/mol. The van der Waals surface area contributed by atoms with Gasteiger partial charge in [0.15, 0.2) is 0 Å². The van der Waals surface area contributed by atoms with Gasteiger partial charge in [-0.05, 0) is 36.4 Å². The molecule has 0 fully saturated rings. The molecule has 0 aliphatic heterocycles. The van der Waals surface area contributed by atoms with Crippen LogP contribution in [0.2, 0.25) is 5.02 Å². The minimum absolute atomic E-state index is 0.0831. The maximum atomic E-state index is 11.8. The second-order valence-electron chi connectivity index (χ2n) is 4.20. The zero-order chi connectivity index (χ0) is 16.2. The highest BCUT2D eigenvalue weighted by Gasteiger charge is 2.13. The normalized spacial score (nSPS) is 11.1. The van der Waals surface area contributed by atoms with Crippen LogP contribution in [0, 0.1) is 0 Å². The SMILES string of the molecule is O=C([O-])CNS(=O)(=O)c1ccc(Oc2ccccc2Cl)cc1. The monoisotopic (exact) mass is 340 g/mol. The van der Waals surface area contributed by atoms with E-state index in [0.29, 0.717) is 16.5 Å². The number of carbonyl (C=O) groups is 1. The van der Waals surface area contributed by atoms with E-state index < -0.39 is 22.5 Å². The molecule has 8 heteroatoms. The molecule has 0 aromatic heterocycles. The Morgan fingerprint density at radius 1 is 1.14 bits per heavy atom. The van der Waals surface area contributed by atoms with Gasteiger partial charge in [0.25, 0.3) is 0 Å². The van der Waals surface area contributed by atoms with Gasteiger partial charge in [-0.25, -0.2) is 13.1 Å². The van der Waals surface area contributed by atoms with E-state index in [9.17, 15) is 18.3 Å². The van der Waals surface area contributed by atoms with Crippen molar-refractivity contribution in [2.75, 3.05) is 6.54 Å². The van der Waals surface area contributed by atoms with Crippen molar-refractivity contribution in [2.24, 2.45) is 0 Å². The molecule has 6 nitrogen and oxygen atoms in total. The van der Waals surface area contributed by atoms with Gasteiger partial charge in [0.1, 0.15) is 11.5 Å². The van der Waals surface area contributed by atoms with Crippen LogP contribution in [0.3, 0.4) is 0 Å². The van der Waals surface area contributed by atoms with E-state index in [2.05, 4.69) is 0 Å². The summed E-state index contributed by atoms with van der Waals surface area (Å²) >= 11 is 5.96. The number of halogens is 1. The topological polar surface area (TPSA) is 95.5 Å². The predicted molar refractivity (Wildman–Crippen MR) is 78.2 cm³/mol. The number of carboxylic acids is 1. The van der Waals surface area contributed by atoms with E-state index in [1.54, 1.807) is 24.3 Å². The van der Waals surface area contributed by atoms with Crippen molar-refractivity contribution >= 4 is 27.6 Å². The van der Waals surface area contributed by atoms with Crippen LogP contribution in [0.25, 0.3) is 0 Å². The first kappa shape index (κ1) is 16.3. The van der Waals surface area contributed by atoms with Crippen molar-refractivity contribution in [3.05, 3.63) is 53.6 Å². The first-order valence-electron chi connectivity index (χ1n) is 6.10. The molecule has 0 radical (unpaired) electrons. The maximum Gasteiger partial charge on any atom is 0.240 e. The molecule has 0 heterocycles. The van der Waals surface area contributed by atoms with Gasteiger partial charge in [0.2, 0.25) is 10.0 Å². The number of rotatable bonds is 6. The fraction of sp³-hybridized carbons (Fsp3) is 0.0714. The molecule has 0 amide bonds. The van der Waals surface area contributed by atoms with Gasteiger partial charge in [-0.3, -0.25) is 0 Å². The quantitative estimate of drug-likeness (QED) is 0.851. The lowest BCUT2D eigenvalue weighted by Crippen LogP contribution is -2.37. The van der Waals surface area contributed by atoms with Crippen LogP contribution in [0.1, 0.15) is 0 Å². The Kier molecular flexibility index (Phi) is 5.02. The molecule has 2 aromatic carbocycles. The van der Waals surface area contributed by atoms with E-state index in [4.69, 9.17) is 16.3 Å². The lowest BCUT2D eigenvalue weighted by molar-refractivity contribution is -0.303. The third-order valence-corrected chi connectivity index (χ3v) is 4.33. The third kappa shape index (κ3) is 4.20. The van der Waals surface area contributed by atoms with Crippen LogP contribution in [0.15, 0.2) is 53.4 Å². The van der Waals surface area contributed by atoms with Gasteiger partial charge in [-0.2, -0.15) is 0 Å². The summed E-state index contributed by atoms with van der Waals surface area (Å²) in [6.45, 7) is -0.791. The fourth-order valence-electron chi connectivity index (χ4n) is 1.58. The van der Waals surface area contributed by atoms with E-state index in [-0.39, 0.29) is 4.90 Å². The number of nitrogens with one attached hydrogen (secondary N) is 1. The smallest absolute Gasteiger partial charge is 0.240 e. The lowest BCUT2D eigenvalue weighted by atomic mass is 10.3. The first-order valence-corrected chi connectivity index (χ1v) is 7.96. The van der Waals surface area contributed by atoms with Crippen LogP contribution in [-0.2, 0) is 14.8 Å². The predicted octanol–water partition coefficient (Wildman–Crippen LogP) is 1.16. The molecule has 0 spiro atoms. The molecular formula is C14H11ClNO5S-. The summed E-state index contributed by atoms with van der Waals surface area (Å²) < 4.78 is 31.0. The van der Waals surface area contributed by atoms with Crippen LogP contribution < -0.4 is 14.6 Å². The number of aliphatic carboxylic acids is 1. The summed E-state index contributed by atoms with van der Waals surface area (Å²) in [5, 5.41) is 10.7. The molecule has 22 heavy (non-hydrogen) atoms. The molecule has 2 aromatic rings. The minimum atomic E-state index is -3.91. The Morgan fingerprint density at radius 2 is 1.77 bits per heavy atom. The minimum Gasteiger partial charge on any atom is -0.549 e. The standard InChI is InChI=1S/C14H12ClNO5S/c15-12-3-1-2-4-13(12)21-10-5-7-11(8-6-10)22(19,20)16-9-14(17)18/h1-8,16H,9H2,(H,17,18)/p-1. The number of hydrogen-bond acceptors (Lipinski definition) is 5. The molecule has 0 saturated heterocycles. The van der Waals surface area contributed by atoms with Crippen LogP contribution in [0.5, 0.6) is 11.5 Å². The maximum absolute atomic E-state index is 11.8. The highest BCUT2D eigenvalue weighted by Crippen LogP contribution is 2.29. The number of carbonyl (C=O) groups excluding carboxylic acids is 1. The average molecular weight is 341 g/mol. The van der Waals surface area contributed by atoms with Gasteiger partial charge in [-0.1, -0.05) is 23.7 Å². The Balaban J connectivity index is 2.13. The zero-order valence-corrected chi connectivity index (χ0v) is 12.7. The van der Waals surface area contributed by atoms with Gasteiger partial charge in [-0.15, -0.1) is 0 Å². The molecule has 1 N–H and O–H groups in total. The van der Waals surface area contributed by atoms with Crippen molar-refractivity contribution in [3.63, 3.8) is 0 Å². The van der Waals surface area contributed by atoms with Crippen LogP contribution >= 0.6 is 11.6 Å². The Labute approximate surface area is 132 Å². The molecule has 2 rings (SSSR count). The second kappa shape index (κ2) is 6.78. The molecule has 0 atom stereocenters. The van der Waals surface area contributed by atoms with Crippen molar-refractivity contribution in [3.8, 4) is 11.5 Å². The number of ether oxygens (including phenoxy) is 1. The summed E-state index contributed by atoms with van der Waals surface area (Å²) in [5.74, 6) is -0.677. The summed E-state index contributed by atoms with van der Waals surface area (Å²) in [6.07, 6.45) is 0. The first-order chi connectivity index (χ1) is 10.4. The summed E-state index contributed by atoms with van der Waals surface area (Å²) in [5.41, 5.74) is 0. The molecule has 0 unspecified atom stereocenters. The Morgan fingerprint density at radius 3 is 2.36 bits per heavy atom. The van der Waals surface area contributed by atoms with Gasteiger partial charge in [0.05, 0.1) is 22.4 Å². The number of carboxylic acid groups (broad SMARTS) is 1. The molecule has 0 aliphatic carbocycles. The lowest BCUT2D eigenvalue weighted by Gasteiger charge is -2.09. The van der Waals surface area contributed by atoms with Gasteiger partial charge in [0, 0.05) is 0 Å². The molecule has 0 bridgehead atoms. The number of hydrogen-bond donors (Lipinski definition) is 1. The fourth-order valence-corrected chi connectivity index (χ4v) is 2.72. The summed E-state index contributed by atoms with van der Waals surface area (Å²) in [4.78, 5) is 10.2. The number of para-hydroxylation sites is 1. The highest BCUT2D eigenvalue weighted by atomic mass is 35.5. The number of sulfonamides is 1. The van der Waals surface area contributed by atoms with E-state index in [0.717, 1.165) is 0 Å². The Bertz CT molecular complexity index is 774. The molecule has 0 aliphatic rings. The van der Waals surface area contributed by atoms with Crippen LogP contribution in [-0.4, -0.2) is 20.9 Å². The van der Waals surface area contributed by atoms with Crippen molar-refractivity contribution < 1.29 is 23.1 Å². The largest absolute Gasteiger partial charge is 0.549 e. The summed E-state index contributed by atoms with van der Waals surface area (Å²) in [7, 11) is -3.91. The van der Waals surface area contributed by atoms with E-state index >= 15 is 0 Å². The summed E-state index contributed by atoms with van der Waals surface area (Å²) in [6, 6.07) is 12.3. The van der Waals surface area contributed by atoms with Gasteiger partial charge < -0.3 is 14.6 Å². The van der Waals surface area contributed by atoms with Crippen molar-refractivity contribution in [2.45, 2.75) is 4.90 Å². The zero-order valence-electron chi connectivity index (χ0n) is 11.2. The Hall–Kier alpha value is -2.09. The second-order valence-corrected chi connectivity index (χ2v) is 6.37. The van der Waals surface area contributed by atoms with Crippen molar-refractivity contribution in [1.29, 1.82) is 0 Å². The molecule has 116 valence electrons. The van der Waals surface area contributed by atoms with Crippen LogP contribution in [0.4, 0.5) is 0 Å². The molecule has 0 saturated carbocycles. The highest BCUT2D eigenvalue weighted by molar-refractivity contribution is 7.89. The number of benzene rings is 2. The average Bonchev–Trinajstić information content (AvgIpc) is 2.48. The third-order valence-electron chi connectivity index (χ3n) is 2.61. The van der Waals surface area contributed by atoms with Crippen molar-refractivity contribution in [1.82, 2.24) is 4.72 Å². The van der Waals surface area contributed by atoms with E-state index in [1.165, 1.54) is 24.3 Å². The van der Waals surface area contributed by atoms with Gasteiger partial charge >= 0.3 is 0 Å². The van der Waals surface area contributed by atoms with E-state index in [1.807, 2.05) is 4.72 Å².